The highest BCUT2D eigenvalue weighted by Crippen LogP contribution is 2.33. The summed E-state index contributed by atoms with van der Waals surface area (Å²) < 4.78 is 5.04. The van der Waals surface area contributed by atoms with Crippen LogP contribution in [0.15, 0.2) is 12.1 Å². The first-order valence-electron chi connectivity index (χ1n) is 5.45. The first kappa shape index (κ1) is 12.2. The average Bonchev–Trinajstić information content (AvgIpc) is 2.24. The molecule has 18 heavy (non-hydrogen) atoms. The molecule has 1 aromatic carbocycles. The van der Waals surface area contributed by atoms with Crippen LogP contribution < -0.4 is 0 Å². The van der Waals surface area contributed by atoms with E-state index in [0.29, 0.717) is 5.56 Å². The molecule has 0 aliphatic carbocycles. The van der Waals surface area contributed by atoms with E-state index < -0.39 is 18.0 Å². The monoisotopic (exact) mass is 252 g/mol. The number of cyclic esters (lactones) is 1. The third-order valence-electron chi connectivity index (χ3n) is 2.79. The quantitative estimate of drug-likeness (QED) is 0.694. The number of fused-ring (bicyclic) bond motifs is 1. The summed E-state index contributed by atoms with van der Waals surface area (Å²) in [7, 11) is 0. The van der Waals surface area contributed by atoms with Gasteiger partial charge < -0.3 is 20.1 Å². The lowest BCUT2D eigenvalue weighted by molar-refractivity contribution is -0.137. The second-order valence-corrected chi connectivity index (χ2v) is 4.16. The molecule has 6 nitrogen and oxygen atoms in total. The normalized spacial score (nSPS) is 18.0. The number of benzene rings is 1. The predicted molar refractivity (Wildman–Crippen MR) is 59.5 cm³/mol. The minimum absolute atomic E-state index is 0.0411. The maximum absolute atomic E-state index is 11.7. The summed E-state index contributed by atoms with van der Waals surface area (Å²) in [4.78, 5) is 22.1. The molecule has 0 radical (unpaired) electrons. The van der Waals surface area contributed by atoms with Crippen molar-refractivity contribution in [3.63, 3.8) is 0 Å². The Bertz CT molecular complexity index is 508. The highest BCUT2D eigenvalue weighted by atomic mass is 16.5. The van der Waals surface area contributed by atoms with Crippen LogP contribution in [0.5, 0.6) is 11.5 Å². The van der Waals surface area contributed by atoms with Crippen LogP contribution in [0.25, 0.3) is 0 Å². The Hall–Kier alpha value is -2.24. The lowest BCUT2D eigenvalue weighted by Crippen LogP contribution is -2.28. The minimum atomic E-state index is -0.962. The molecule has 6 heteroatoms. The number of hydrogen-bond acceptors (Lipinski definition) is 5. The fourth-order valence-corrected chi connectivity index (χ4v) is 2.01. The van der Waals surface area contributed by atoms with Crippen molar-refractivity contribution in [1.82, 2.24) is 0 Å². The van der Waals surface area contributed by atoms with Crippen molar-refractivity contribution in [2.45, 2.75) is 25.4 Å². The Morgan fingerprint density at radius 1 is 1.39 bits per heavy atom. The minimum Gasteiger partial charge on any atom is -0.508 e. The van der Waals surface area contributed by atoms with Gasteiger partial charge in [-0.1, -0.05) is 0 Å². The van der Waals surface area contributed by atoms with Crippen LogP contribution in [-0.4, -0.2) is 33.4 Å². The van der Waals surface area contributed by atoms with Crippen LogP contribution in [0.2, 0.25) is 0 Å². The maximum Gasteiger partial charge on any atom is 0.342 e. The lowest BCUT2D eigenvalue weighted by Gasteiger charge is -2.24. The summed E-state index contributed by atoms with van der Waals surface area (Å²) in [5, 5.41) is 27.5. The maximum atomic E-state index is 11.7. The Kier molecular flexibility index (Phi) is 3.10. The molecule has 0 bridgehead atoms. The first-order valence-corrected chi connectivity index (χ1v) is 5.45. The summed E-state index contributed by atoms with van der Waals surface area (Å²) in [5.74, 6) is -2.12. The fourth-order valence-electron chi connectivity index (χ4n) is 2.01. The number of carbonyl (C=O) groups excluding carboxylic acids is 1. The highest BCUT2D eigenvalue weighted by molar-refractivity contribution is 5.95. The van der Waals surface area contributed by atoms with Gasteiger partial charge in [0.05, 0.1) is 0 Å². The van der Waals surface area contributed by atoms with E-state index >= 15 is 0 Å². The molecule has 96 valence electrons. The van der Waals surface area contributed by atoms with Gasteiger partial charge in [-0.15, -0.1) is 0 Å². The molecule has 0 aromatic heterocycles. The van der Waals surface area contributed by atoms with E-state index in [0.717, 1.165) is 6.07 Å². The number of phenolic OH excluding ortho intramolecular Hbond substituents is 2. The standard InChI is InChI=1S/C12H12O6/c13-7-3-6-4-8(1-2-10(15)16)18-12(17)11(6)9(14)5-7/h3,5,8,13-14H,1-2,4H2,(H,15,16)/t8-/m0/s1. The second-order valence-electron chi connectivity index (χ2n) is 4.16. The molecule has 2 rings (SSSR count). The van der Waals surface area contributed by atoms with E-state index in [1.807, 2.05) is 0 Å². The van der Waals surface area contributed by atoms with Gasteiger partial charge in [0.15, 0.2) is 0 Å². The number of carboxylic acids is 1. The molecular weight excluding hydrogens is 240 g/mol. The lowest BCUT2D eigenvalue weighted by atomic mass is 9.95. The molecule has 0 fully saturated rings. The predicted octanol–water partition coefficient (Wildman–Crippen LogP) is 1.04. The smallest absolute Gasteiger partial charge is 0.342 e. The molecule has 1 atom stereocenters. The molecular formula is C12H12O6. The Morgan fingerprint density at radius 2 is 2.11 bits per heavy atom. The SMILES string of the molecule is O=C(O)CC[C@H]1Cc2cc(O)cc(O)c2C(=O)O1. The van der Waals surface area contributed by atoms with Gasteiger partial charge in [-0.25, -0.2) is 4.79 Å². The summed E-state index contributed by atoms with van der Waals surface area (Å²) in [5.41, 5.74) is 0.513. The van der Waals surface area contributed by atoms with E-state index in [1.54, 1.807) is 0 Å². The number of aromatic hydroxyl groups is 2. The van der Waals surface area contributed by atoms with Gasteiger partial charge in [-0.05, 0) is 18.1 Å². The van der Waals surface area contributed by atoms with Gasteiger partial charge in [0.25, 0.3) is 0 Å². The Morgan fingerprint density at radius 3 is 2.78 bits per heavy atom. The number of carbonyl (C=O) groups is 2. The van der Waals surface area contributed by atoms with Gasteiger partial charge in [0.2, 0.25) is 0 Å². The molecule has 0 amide bonds. The molecule has 1 heterocycles. The van der Waals surface area contributed by atoms with Crippen molar-refractivity contribution in [3.8, 4) is 11.5 Å². The zero-order valence-corrected chi connectivity index (χ0v) is 9.42. The average molecular weight is 252 g/mol. The number of phenols is 2. The van der Waals surface area contributed by atoms with Crippen LogP contribution in [0, 0.1) is 0 Å². The molecule has 0 saturated carbocycles. The van der Waals surface area contributed by atoms with E-state index in [4.69, 9.17) is 9.84 Å². The number of aliphatic carboxylic acids is 1. The summed E-state index contributed by atoms with van der Waals surface area (Å²) in [6.07, 6.45) is -0.145. The number of carboxylic acid groups (broad SMARTS) is 1. The van der Waals surface area contributed by atoms with Crippen LogP contribution in [0.4, 0.5) is 0 Å². The Balaban J connectivity index is 2.23. The van der Waals surface area contributed by atoms with Gasteiger partial charge in [0.1, 0.15) is 23.2 Å². The summed E-state index contributed by atoms with van der Waals surface area (Å²) in [6, 6.07) is 2.45. The summed E-state index contributed by atoms with van der Waals surface area (Å²) >= 11 is 0. The van der Waals surface area contributed by atoms with Crippen LogP contribution >= 0.6 is 0 Å². The van der Waals surface area contributed by atoms with Crippen LogP contribution in [0.1, 0.15) is 28.8 Å². The number of hydrogen-bond donors (Lipinski definition) is 3. The Labute approximate surface area is 102 Å². The number of ether oxygens (including phenoxy) is 1. The molecule has 0 saturated heterocycles. The first-order chi connectivity index (χ1) is 8.47. The third-order valence-corrected chi connectivity index (χ3v) is 2.79. The molecule has 0 unspecified atom stereocenters. The summed E-state index contributed by atoms with van der Waals surface area (Å²) in [6.45, 7) is 0. The van der Waals surface area contributed by atoms with Crippen LogP contribution in [0.3, 0.4) is 0 Å². The second kappa shape index (κ2) is 4.56. The molecule has 1 aliphatic rings. The van der Waals surface area contributed by atoms with Gasteiger partial charge in [-0.3, -0.25) is 4.79 Å². The molecule has 1 aliphatic heterocycles. The molecule has 1 aromatic rings. The van der Waals surface area contributed by atoms with Gasteiger partial charge in [0, 0.05) is 18.9 Å². The van der Waals surface area contributed by atoms with Crippen molar-refractivity contribution >= 4 is 11.9 Å². The third kappa shape index (κ3) is 2.37. The molecule has 0 spiro atoms. The van der Waals surface area contributed by atoms with Crippen molar-refractivity contribution in [2.24, 2.45) is 0 Å². The zero-order chi connectivity index (χ0) is 13.3. The van der Waals surface area contributed by atoms with E-state index in [-0.39, 0.29) is 36.3 Å². The van der Waals surface area contributed by atoms with Gasteiger partial charge in [-0.2, -0.15) is 0 Å². The number of rotatable bonds is 3. The van der Waals surface area contributed by atoms with Crippen molar-refractivity contribution < 1.29 is 29.6 Å². The van der Waals surface area contributed by atoms with Crippen molar-refractivity contribution in [1.29, 1.82) is 0 Å². The fraction of sp³-hybridized carbons (Fsp3) is 0.333. The van der Waals surface area contributed by atoms with Crippen molar-refractivity contribution in [2.75, 3.05) is 0 Å². The van der Waals surface area contributed by atoms with E-state index in [2.05, 4.69) is 0 Å². The van der Waals surface area contributed by atoms with Gasteiger partial charge >= 0.3 is 11.9 Å². The largest absolute Gasteiger partial charge is 0.508 e. The van der Waals surface area contributed by atoms with E-state index in [9.17, 15) is 19.8 Å². The molecule has 3 N–H and O–H groups in total. The highest BCUT2D eigenvalue weighted by Gasteiger charge is 2.29. The number of esters is 1. The zero-order valence-electron chi connectivity index (χ0n) is 9.42. The topological polar surface area (TPSA) is 104 Å². The van der Waals surface area contributed by atoms with Crippen LogP contribution in [-0.2, 0) is 16.0 Å². The van der Waals surface area contributed by atoms with Crippen molar-refractivity contribution in [3.05, 3.63) is 23.3 Å². The van der Waals surface area contributed by atoms with E-state index in [1.165, 1.54) is 6.07 Å².